The van der Waals surface area contributed by atoms with Gasteiger partial charge in [-0.05, 0) is 31.0 Å². The third kappa shape index (κ3) is 9.65. The molecule has 3 N–H and O–H groups in total. The molecule has 23 heavy (non-hydrogen) atoms. The van der Waals surface area contributed by atoms with Crippen LogP contribution in [0, 0.1) is 0 Å². The number of guanidine groups is 1. The Hall–Kier alpha value is -1.02. The summed E-state index contributed by atoms with van der Waals surface area (Å²) in [7, 11) is 1.70. The van der Waals surface area contributed by atoms with Crippen molar-refractivity contribution in [2.75, 3.05) is 13.6 Å². The van der Waals surface area contributed by atoms with Crippen LogP contribution in [0.5, 0.6) is 0 Å². The quantitative estimate of drug-likeness (QED) is 0.339. The Morgan fingerprint density at radius 2 is 2.09 bits per heavy atom. The van der Waals surface area contributed by atoms with Gasteiger partial charge < -0.3 is 16.0 Å². The van der Waals surface area contributed by atoms with Crippen molar-refractivity contribution in [1.29, 1.82) is 0 Å². The number of benzene rings is 1. The largest absolute Gasteiger partial charge is 0.356 e. The van der Waals surface area contributed by atoms with Crippen LogP contribution in [-0.4, -0.2) is 31.5 Å². The molecule has 0 bridgehead atoms. The molecule has 0 fully saturated rings. The summed E-state index contributed by atoms with van der Waals surface area (Å²) in [5.74, 6) is 0.712. The predicted octanol–water partition coefficient (Wildman–Crippen LogP) is 2.93. The van der Waals surface area contributed by atoms with Gasteiger partial charge in [-0.2, -0.15) is 0 Å². The van der Waals surface area contributed by atoms with Gasteiger partial charge in [0.15, 0.2) is 5.96 Å². The molecule has 1 aromatic rings. The highest BCUT2D eigenvalue weighted by molar-refractivity contribution is 14.0. The van der Waals surface area contributed by atoms with Gasteiger partial charge in [0.05, 0.1) is 0 Å². The molecule has 0 saturated carbocycles. The highest BCUT2D eigenvalue weighted by Crippen LogP contribution is 2.10. The summed E-state index contributed by atoms with van der Waals surface area (Å²) in [5, 5.41) is 9.95. The highest BCUT2D eigenvalue weighted by Gasteiger charge is 2.05. The standard InChI is InChI=1S/C16H25ClN4O.HI/c1-4-12(2)21-15(22)8-9-19-16(18-3)20-11-13-6-5-7-14(17)10-13;/h5-7,10,12H,4,8-9,11H2,1-3H3,(H,21,22)(H2,18,19,20);1H. The number of halogens is 2. The summed E-state index contributed by atoms with van der Waals surface area (Å²) >= 11 is 5.95. The van der Waals surface area contributed by atoms with E-state index in [0.29, 0.717) is 30.5 Å². The molecule has 0 heterocycles. The number of nitrogens with one attached hydrogen (secondary N) is 3. The van der Waals surface area contributed by atoms with Crippen molar-refractivity contribution in [1.82, 2.24) is 16.0 Å². The second-order valence-electron chi connectivity index (χ2n) is 5.11. The lowest BCUT2D eigenvalue weighted by atomic mass is 10.2. The molecule has 0 aliphatic rings. The molecule has 1 aromatic carbocycles. The zero-order valence-corrected chi connectivity index (χ0v) is 16.9. The monoisotopic (exact) mass is 452 g/mol. The van der Waals surface area contributed by atoms with E-state index in [2.05, 4.69) is 20.9 Å². The van der Waals surface area contributed by atoms with E-state index in [9.17, 15) is 4.79 Å². The van der Waals surface area contributed by atoms with Crippen LogP contribution in [-0.2, 0) is 11.3 Å². The van der Waals surface area contributed by atoms with Gasteiger partial charge in [-0.25, -0.2) is 0 Å². The summed E-state index contributed by atoms with van der Waals surface area (Å²) in [5.41, 5.74) is 1.07. The molecular formula is C16H26ClIN4O. The normalized spacial score (nSPS) is 12.1. The molecule has 1 atom stereocenters. The smallest absolute Gasteiger partial charge is 0.221 e. The Morgan fingerprint density at radius 3 is 2.70 bits per heavy atom. The van der Waals surface area contributed by atoms with E-state index in [4.69, 9.17) is 11.6 Å². The van der Waals surface area contributed by atoms with Gasteiger partial charge >= 0.3 is 0 Å². The molecule has 5 nitrogen and oxygen atoms in total. The minimum absolute atomic E-state index is 0. The van der Waals surface area contributed by atoms with E-state index in [1.807, 2.05) is 38.1 Å². The Labute approximate surface area is 160 Å². The molecule has 1 amide bonds. The van der Waals surface area contributed by atoms with Crippen LogP contribution in [0.4, 0.5) is 0 Å². The van der Waals surface area contributed by atoms with E-state index in [1.165, 1.54) is 0 Å². The minimum atomic E-state index is 0. The van der Waals surface area contributed by atoms with Crippen molar-refractivity contribution >= 4 is 47.4 Å². The third-order valence-corrected chi connectivity index (χ3v) is 3.47. The van der Waals surface area contributed by atoms with Crippen molar-refractivity contribution in [2.24, 2.45) is 4.99 Å². The molecule has 1 unspecified atom stereocenters. The SMILES string of the molecule is CCC(C)NC(=O)CCNC(=NC)NCc1cccc(Cl)c1.I. The summed E-state index contributed by atoms with van der Waals surface area (Å²) in [6.07, 6.45) is 1.35. The molecular weight excluding hydrogens is 427 g/mol. The van der Waals surface area contributed by atoms with Crippen molar-refractivity contribution in [3.63, 3.8) is 0 Å². The number of rotatable bonds is 7. The number of hydrogen-bond donors (Lipinski definition) is 3. The summed E-state index contributed by atoms with van der Waals surface area (Å²) < 4.78 is 0. The highest BCUT2D eigenvalue weighted by atomic mass is 127. The van der Waals surface area contributed by atoms with Gasteiger partial charge in [0.25, 0.3) is 0 Å². The van der Waals surface area contributed by atoms with Crippen LogP contribution in [0.2, 0.25) is 5.02 Å². The first-order chi connectivity index (χ1) is 10.5. The number of nitrogens with zero attached hydrogens (tertiary/aromatic N) is 1. The molecule has 0 spiro atoms. The second-order valence-corrected chi connectivity index (χ2v) is 5.55. The minimum Gasteiger partial charge on any atom is -0.356 e. The van der Waals surface area contributed by atoms with Gasteiger partial charge in [0.1, 0.15) is 0 Å². The molecule has 7 heteroatoms. The first kappa shape index (κ1) is 22.0. The van der Waals surface area contributed by atoms with Crippen molar-refractivity contribution in [3.8, 4) is 0 Å². The lowest BCUT2D eigenvalue weighted by Crippen LogP contribution is -2.40. The fourth-order valence-corrected chi connectivity index (χ4v) is 2.01. The van der Waals surface area contributed by atoms with Crippen molar-refractivity contribution in [2.45, 2.75) is 39.3 Å². The van der Waals surface area contributed by atoms with Crippen molar-refractivity contribution in [3.05, 3.63) is 34.9 Å². The van der Waals surface area contributed by atoms with E-state index in [-0.39, 0.29) is 35.9 Å². The third-order valence-electron chi connectivity index (χ3n) is 3.24. The maximum atomic E-state index is 11.7. The van der Waals surface area contributed by atoms with Crippen LogP contribution in [0.1, 0.15) is 32.3 Å². The van der Waals surface area contributed by atoms with Crippen LogP contribution < -0.4 is 16.0 Å². The average Bonchev–Trinajstić information content (AvgIpc) is 2.50. The molecule has 0 aromatic heterocycles. The average molecular weight is 453 g/mol. The number of hydrogen-bond acceptors (Lipinski definition) is 2. The maximum absolute atomic E-state index is 11.7. The lowest BCUT2D eigenvalue weighted by molar-refractivity contribution is -0.121. The molecule has 0 aliphatic carbocycles. The van der Waals surface area contributed by atoms with E-state index < -0.39 is 0 Å². The molecule has 0 aliphatic heterocycles. The van der Waals surface area contributed by atoms with E-state index in [1.54, 1.807) is 7.05 Å². The molecule has 1 rings (SSSR count). The van der Waals surface area contributed by atoms with Crippen molar-refractivity contribution < 1.29 is 4.79 Å². The van der Waals surface area contributed by atoms with Gasteiger partial charge in [0, 0.05) is 37.6 Å². The number of amides is 1. The van der Waals surface area contributed by atoms with Gasteiger partial charge in [0.2, 0.25) is 5.91 Å². The molecule has 0 radical (unpaired) electrons. The topological polar surface area (TPSA) is 65.5 Å². The zero-order chi connectivity index (χ0) is 16.4. The molecule has 0 saturated heterocycles. The van der Waals surface area contributed by atoms with Gasteiger partial charge in [-0.15, -0.1) is 24.0 Å². The Kier molecular flexibility index (Phi) is 11.9. The van der Waals surface area contributed by atoms with Gasteiger partial charge in [-0.3, -0.25) is 9.79 Å². The number of carbonyl (C=O) groups is 1. The van der Waals surface area contributed by atoms with E-state index >= 15 is 0 Å². The predicted molar refractivity (Wildman–Crippen MR) is 108 cm³/mol. The van der Waals surface area contributed by atoms with Crippen LogP contribution in [0.25, 0.3) is 0 Å². The number of aliphatic imine (C=N–C) groups is 1. The van der Waals surface area contributed by atoms with Gasteiger partial charge in [-0.1, -0.05) is 30.7 Å². The summed E-state index contributed by atoms with van der Waals surface area (Å²) in [4.78, 5) is 15.8. The van der Waals surface area contributed by atoms with Crippen LogP contribution >= 0.6 is 35.6 Å². The number of carbonyl (C=O) groups excluding carboxylic acids is 1. The second kappa shape index (κ2) is 12.4. The Morgan fingerprint density at radius 1 is 1.35 bits per heavy atom. The zero-order valence-electron chi connectivity index (χ0n) is 13.9. The molecule has 130 valence electrons. The fourth-order valence-electron chi connectivity index (χ4n) is 1.80. The fraction of sp³-hybridized carbons (Fsp3) is 0.500. The first-order valence-corrected chi connectivity index (χ1v) is 7.91. The first-order valence-electron chi connectivity index (χ1n) is 7.53. The maximum Gasteiger partial charge on any atom is 0.221 e. The Bertz CT molecular complexity index is 511. The summed E-state index contributed by atoms with van der Waals surface area (Å²) in [6, 6.07) is 7.86. The van der Waals surface area contributed by atoms with E-state index in [0.717, 1.165) is 12.0 Å². The Balaban J connectivity index is 0.00000484. The summed E-state index contributed by atoms with van der Waals surface area (Å²) in [6.45, 7) is 5.21. The van der Waals surface area contributed by atoms with Crippen LogP contribution in [0.15, 0.2) is 29.3 Å². The van der Waals surface area contributed by atoms with Crippen LogP contribution in [0.3, 0.4) is 0 Å². The lowest BCUT2D eigenvalue weighted by Gasteiger charge is -2.14.